The maximum Gasteiger partial charge on any atom is 0.333 e. The van der Waals surface area contributed by atoms with Crippen molar-refractivity contribution in [3.63, 3.8) is 0 Å². The summed E-state index contributed by atoms with van der Waals surface area (Å²) in [7, 11) is -4.50. The van der Waals surface area contributed by atoms with Crippen LogP contribution in [0.4, 0.5) is 5.82 Å². The molecule has 0 amide bonds. The molecule has 0 spiro atoms. The summed E-state index contributed by atoms with van der Waals surface area (Å²) in [4.78, 5) is 7.87. The lowest BCUT2D eigenvalue weighted by atomic mass is 10.1. The first-order valence-corrected chi connectivity index (χ1v) is 8.94. The monoisotopic (exact) mass is 390 g/mol. The van der Waals surface area contributed by atoms with Crippen molar-refractivity contribution in [3.8, 4) is 0 Å². The van der Waals surface area contributed by atoms with Gasteiger partial charge in [0.15, 0.2) is 11.9 Å². The Hall–Kier alpha value is -1.94. The third-order valence-electron chi connectivity index (χ3n) is 3.99. The van der Waals surface area contributed by atoms with E-state index < -0.39 is 47.5 Å². The molecule has 1 aliphatic heterocycles. The predicted molar refractivity (Wildman–Crippen MR) is 85.8 cm³/mol. The van der Waals surface area contributed by atoms with E-state index in [9.17, 15) is 23.7 Å². The highest BCUT2D eigenvalue weighted by Gasteiger charge is 2.45. The number of aliphatic hydroxyl groups is 3. The second-order valence-corrected chi connectivity index (χ2v) is 7.07. The largest absolute Gasteiger partial charge is 0.387 e. The van der Waals surface area contributed by atoms with Crippen LogP contribution in [-0.2, 0) is 15.0 Å². The number of nitrogens with one attached hydrogen (secondary N) is 1. The first-order valence-electron chi connectivity index (χ1n) is 7.50. The minimum absolute atomic E-state index is 0.0646. The van der Waals surface area contributed by atoms with Gasteiger partial charge in [-0.3, -0.25) is 4.55 Å². The standard InChI is InChI=1S/C12H18N6O7S/c1-4(19)7-6-10(13)14-3-15-11(6)18(17-7)12-9(21)8(20)5(25-12)2-16-26(22,23)24/h3-5,8-9,12,16,19-21H,2H2,1H3,(H2,13,14,15)(H,22,23,24)/t4?,5-,8-,9-,12-/m1/s1. The summed E-state index contributed by atoms with van der Waals surface area (Å²) in [5, 5.41) is 34.7. The quantitative estimate of drug-likeness (QED) is 0.293. The molecule has 1 unspecified atom stereocenters. The molecule has 7 N–H and O–H groups in total. The third kappa shape index (κ3) is 3.35. The topological polar surface area (TPSA) is 206 Å². The van der Waals surface area contributed by atoms with Crippen molar-refractivity contribution in [1.82, 2.24) is 24.5 Å². The van der Waals surface area contributed by atoms with Crippen molar-refractivity contribution in [2.75, 3.05) is 12.3 Å². The average Bonchev–Trinajstić information content (AvgIpc) is 3.06. The van der Waals surface area contributed by atoms with Gasteiger partial charge in [-0.15, -0.1) is 0 Å². The summed E-state index contributed by atoms with van der Waals surface area (Å²) in [6.45, 7) is 0.977. The zero-order chi connectivity index (χ0) is 19.2. The number of fused-ring (bicyclic) bond motifs is 1. The van der Waals surface area contributed by atoms with Crippen LogP contribution in [0.5, 0.6) is 0 Å². The zero-order valence-corrected chi connectivity index (χ0v) is 14.3. The van der Waals surface area contributed by atoms with E-state index >= 15 is 0 Å². The molecule has 13 nitrogen and oxygen atoms in total. The number of aliphatic hydroxyl groups excluding tert-OH is 3. The number of nitrogen functional groups attached to an aromatic ring is 1. The molecular formula is C12H18N6O7S. The molecule has 0 aromatic carbocycles. The van der Waals surface area contributed by atoms with Crippen LogP contribution in [0.1, 0.15) is 24.9 Å². The van der Waals surface area contributed by atoms with Gasteiger partial charge in [0.1, 0.15) is 36.2 Å². The van der Waals surface area contributed by atoms with E-state index in [1.165, 1.54) is 6.92 Å². The van der Waals surface area contributed by atoms with E-state index in [1.54, 1.807) is 4.72 Å². The molecule has 2 aromatic heterocycles. The number of anilines is 1. The van der Waals surface area contributed by atoms with Gasteiger partial charge in [-0.05, 0) is 6.92 Å². The van der Waals surface area contributed by atoms with E-state index in [2.05, 4.69) is 15.1 Å². The van der Waals surface area contributed by atoms with Crippen LogP contribution in [-0.4, -0.2) is 72.9 Å². The van der Waals surface area contributed by atoms with Gasteiger partial charge in [-0.1, -0.05) is 0 Å². The molecule has 1 aliphatic rings. The fourth-order valence-corrected chi connectivity index (χ4v) is 3.15. The molecule has 0 saturated carbocycles. The first-order chi connectivity index (χ1) is 12.1. The SMILES string of the molecule is CC(O)c1nn([C@@H]2O[C@H](CNS(=O)(=O)O)[C@@H](O)[C@H]2O)c2ncnc(N)c12. The zero-order valence-electron chi connectivity index (χ0n) is 13.5. The van der Waals surface area contributed by atoms with Crippen LogP contribution in [0.3, 0.4) is 0 Å². The number of nitrogens with zero attached hydrogens (tertiary/aromatic N) is 4. The van der Waals surface area contributed by atoms with Gasteiger partial charge in [0.2, 0.25) is 0 Å². The molecule has 1 fully saturated rings. The Morgan fingerprint density at radius 2 is 2.08 bits per heavy atom. The lowest BCUT2D eigenvalue weighted by Gasteiger charge is -2.15. The molecule has 0 bridgehead atoms. The lowest BCUT2D eigenvalue weighted by Crippen LogP contribution is -2.39. The van der Waals surface area contributed by atoms with Crippen LogP contribution in [0.2, 0.25) is 0 Å². The number of rotatable bonds is 5. The molecule has 3 rings (SSSR count). The molecule has 0 radical (unpaired) electrons. The minimum atomic E-state index is -4.50. The van der Waals surface area contributed by atoms with Crippen LogP contribution in [0.25, 0.3) is 11.0 Å². The molecule has 26 heavy (non-hydrogen) atoms. The summed E-state index contributed by atoms with van der Waals surface area (Å²) < 4.78 is 38.7. The van der Waals surface area contributed by atoms with Crippen molar-refractivity contribution in [3.05, 3.63) is 12.0 Å². The van der Waals surface area contributed by atoms with Gasteiger partial charge < -0.3 is 25.8 Å². The Morgan fingerprint density at radius 1 is 1.38 bits per heavy atom. The highest BCUT2D eigenvalue weighted by Crippen LogP contribution is 2.34. The number of hydrogen-bond donors (Lipinski definition) is 6. The Labute approximate surface area is 147 Å². The third-order valence-corrected chi connectivity index (χ3v) is 4.52. The van der Waals surface area contributed by atoms with Crippen LogP contribution < -0.4 is 10.5 Å². The van der Waals surface area contributed by atoms with Crippen molar-refractivity contribution < 1.29 is 33.0 Å². The smallest absolute Gasteiger partial charge is 0.333 e. The molecule has 5 atom stereocenters. The molecular weight excluding hydrogens is 372 g/mol. The van der Waals surface area contributed by atoms with E-state index in [0.29, 0.717) is 0 Å². The second kappa shape index (κ2) is 6.66. The molecule has 3 heterocycles. The second-order valence-electron chi connectivity index (χ2n) is 5.83. The van der Waals surface area contributed by atoms with Gasteiger partial charge in [-0.2, -0.15) is 18.2 Å². The predicted octanol–water partition coefficient (Wildman–Crippen LogP) is -2.53. The normalized spacial score (nSPS) is 27.9. The summed E-state index contributed by atoms with van der Waals surface area (Å²) in [6.07, 6.45) is -5.20. The lowest BCUT2D eigenvalue weighted by molar-refractivity contribution is -0.0407. The van der Waals surface area contributed by atoms with Gasteiger partial charge in [-0.25, -0.2) is 14.6 Å². The number of nitrogens with two attached hydrogens (primary N) is 1. The number of ether oxygens (including phenoxy) is 1. The van der Waals surface area contributed by atoms with Crippen LogP contribution >= 0.6 is 0 Å². The first kappa shape index (κ1) is 18.8. The van der Waals surface area contributed by atoms with Crippen LogP contribution in [0.15, 0.2) is 6.33 Å². The Bertz CT molecular complexity index is 916. The highest BCUT2D eigenvalue weighted by atomic mass is 32.2. The molecule has 14 heteroatoms. The van der Waals surface area contributed by atoms with Crippen molar-refractivity contribution in [2.24, 2.45) is 0 Å². The van der Waals surface area contributed by atoms with Crippen LogP contribution in [0, 0.1) is 0 Å². The summed E-state index contributed by atoms with van der Waals surface area (Å²) in [5.74, 6) is 0.0646. The number of aromatic nitrogens is 4. The van der Waals surface area contributed by atoms with Gasteiger partial charge in [0.25, 0.3) is 0 Å². The van der Waals surface area contributed by atoms with E-state index in [1.807, 2.05) is 0 Å². The fraction of sp³-hybridized carbons (Fsp3) is 0.583. The Kier molecular flexibility index (Phi) is 4.82. The highest BCUT2D eigenvalue weighted by molar-refractivity contribution is 7.83. The van der Waals surface area contributed by atoms with Crippen molar-refractivity contribution in [1.29, 1.82) is 0 Å². The molecule has 0 aliphatic carbocycles. The molecule has 2 aromatic rings. The molecule has 1 saturated heterocycles. The van der Waals surface area contributed by atoms with Crippen molar-refractivity contribution in [2.45, 2.75) is 37.6 Å². The summed E-state index contributed by atoms with van der Waals surface area (Å²) >= 11 is 0. The van der Waals surface area contributed by atoms with E-state index in [0.717, 1.165) is 11.0 Å². The fourth-order valence-electron chi connectivity index (χ4n) is 2.78. The van der Waals surface area contributed by atoms with Gasteiger partial charge in [0, 0.05) is 6.54 Å². The Balaban J connectivity index is 1.98. The minimum Gasteiger partial charge on any atom is -0.387 e. The molecule has 144 valence electrons. The van der Waals surface area contributed by atoms with Gasteiger partial charge >= 0.3 is 10.3 Å². The number of hydrogen-bond acceptors (Lipinski definition) is 10. The Morgan fingerprint density at radius 3 is 2.69 bits per heavy atom. The maximum atomic E-state index is 10.8. The average molecular weight is 390 g/mol. The summed E-state index contributed by atoms with van der Waals surface area (Å²) in [6, 6.07) is 0. The van der Waals surface area contributed by atoms with E-state index in [-0.39, 0.29) is 22.5 Å². The maximum absolute atomic E-state index is 10.8. The van der Waals surface area contributed by atoms with Crippen molar-refractivity contribution >= 4 is 27.2 Å². The van der Waals surface area contributed by atoms with E-state index in [4.69, 9.17) is 15.0 Å². The van der Waals surface area contributed by atoms with Gasteiger partial charge in [0.05, 0.1) is 11.5 Å². The summed E-state index contributed by atoms with van der Waals surface area (Å²) in [5.41, 5.74) is 6.13.